The standard InChI is InChI=1S/C46H55N9O5S/c1-28(30-10-12-32(13-11-30)41-29(2)48-27-61-41)49-44(59)38-24-34(56)26-55(38)45(60)42(46(3,4)5)50-40(58)18-19-53-20-22-54(23-21-53)33-16-14-31(15-17-33)36-25-37(51-52-43(36)47)35-8-6-7-9-39(35)57/h6-17,25,27-28,34,38,42,56-57H,18-24,26H2,1-5H3,(H2,47,52)(H,49,59)(H,50,58)/t28-,34+,38-,42?/m0/s1. The summed E-state index contributed by atoms with van der Waals surface area (Å²) < 4.78 is 0. The summed E-state index contributed by atoms with van der Waals surface area (Å²) in [6.07, 6.45) is -0.524. The average molecular weight is 846 g/mol. The van der Waals surface area contributed by atoms with Crippen LogP contribution in [-0.4, -0.2) is 110 Å². The monoisotopic (exact) mass is 845 g/mol. The highest BCUT2D eigenvalue weighted by Crippen LogP contribution is 2.34. The molecule has 4 heterocycles. The molecule has 2 saturated heterocycles. The molecule has 0 spiro atoms. The molecule has 5 aromatic rings. The maximum absolute atomic E-state index is 14.2. The number of thiazole rings is 1. The van der Waals surface area contributed by atoms with Gasteiger partial charge in [0.15, 0.2) is 5.82 Å². The molecule has 1 unspecified atom stereocenters. The molecule has 0 aliphatic carbocycles. The zero-order valence-electron chi connectivity index (χ0n) is 35.3. The van der Waals surface area contributed by atoms with Gasteiger partial charge in [-0.1, -0.05) is 69.3 Å². The molecule has 6 N–H and O–H groups in total. The number of aryl methyl sites for hydroxylation is 1. The van der Waals surface area contributed by atoms with Crippen LogP contribution in [0.2, 0.25) is 0 Å². The number of anilines is 2. The van der Waals surface area contributed by atoms with E-state index in [1.807, 2.05) is 88.7 Å². The minimum Gasteiger partial charge on any atom is -0.507 e. The van der Waals surface area contributed by atoms with E-state index in [0.717, 1.165) is 64.7 Å². The highest BCUT2D eigenvalue weighted by atomic mass is 32.1. The number of aliphatic hydroxyl groups excluding tert-OH is 1. The first-order valence-electron chi connectivity index (χ1n) is 20.7. The van der Waals surface area contributed by atoms with Crippen LogP contribution in [0.4, 0.5) is 11.5 Å². The fourth-order valence-corrected chi connectivity index (χ4v) is 8.86. The third kappa shape index (κ3) is 10.0. The number of aliphatic hydroxyl groups is 1. The lowest BCUT2D eigenvalue weighted by atomic mass is 9.85. The van der Waals surface area contributed by atoms with Crippen LogP contribution in [0.3, 0.4) is 0 Å². The molecule has 0 bridgehead atoms. The third-order valence-electron chi connectivity index (χ3n) is 11.6. The molecule has 0 saturated carbocycles. The van der Waals surface area contributed by atoms with E-state index in [4.69, 9.17) is 5.73 Å². The minimum atomic E-state index is -0.893. The van der Waals surface area contributed by atoms with E-state index in [2.05, 4.69) is 47.7 Å². The van der Waals surface area contributed by atoms with Crippen LogP contribution < -0.4 is 21.3 Å². The van der Waals surface area contributed by atoms with Gasteiger partial charge in [0.25, 0.3) is 0 Å². The van der Waals surface area contributed by atoms with E-state index in [9.17, 15) is 24.6 Å². The van der Waals surface area contributed by atoms with Crippen molar-refractivity contribution in [2.75, 3.05) is 49.9 Å². The Balaban J connectivity index is 0.906. The normalized spacial score (nSPS) is 18.1. The number of phenolic OH excluding ortho intramolecular Hbond substituents is 1. The van der Waals surface area contributed by atoms with Gasteiger partial charge in [0, 0.05) is 68.9 Å². The number of hydrogen-bond donors (Lipinski definition) is 5. The number of piperazine rings is 1. The lowest BCUT2D eigenvalue weighted by Crippen LogP contribution is -2.58. The topological polar surface area (TPSA) is 190 Å². The van der Waals surface area contributed by atoms with Gasteiger partial charge in [-0.3, -0.25) is 19.3 Å². The summed E-state index contributed by atoms with van der Waals surface area (Å²) in [6, 6.07) is 22.8. The van der Waals surface area contributed by atoms with Gasteiger partial charge in [-0.05, 0) is 66.3 Å². The molecule has 0 radical (unpaired) electrons. The molecule has 4 atom stereocenters. The minimum absolute atomic E-state index is 0.0131. The lowest BCUT2D eigenvalue weighted by molar-refractivity contribution is -0.144. The van der Waals surface area contributed by atoms with E-state index in [-0.39, 0.29) is 48.9 Å². The molecule has 2 aliphatic heterocycles. The van der Waals surface area contributed by atoms with Crippen LogP contribution >= 0.6 is 11.3 Å². The average Bonchev–Trinajstić information content (AvgIpc) is 3.87. The van der Waals surface area contributed by atoms with E-state index in [0.29, 0.717) is 23.6 Å². The number of nitrogens with one attached hydrogen (secondary N) is 2. The van der Waals surface area contributed by atoms with Crippen LogP contribution in [0.1, 0.15) is 57.8 Å². The van der Waals surface area contributed by atoms with Gasteiger partial charge in [0.05, 0.1) is 33.9 Å². The van der Waals surface area contributed by atoms with Crippen molar-refractivity contribution in [3.63, 3.8) is 0 Å². The molecule has 2 aromatic heterocycles. The molecule has 15 heteroatoms. The Kier molecular flexibility index (Phi) is 13.0. The number of likely N-dealkylation sites (tertiary alicyclic amines) is 1. The number of nitrogen functional groups attached to an aromatic ring is 1. The van der Waals surface area contributed by atoms with E-state index in [1.54, 1.807) is 29.5 Å². The van der Waals surface area contributed by atoms with Crippen LogP contribution in [0, 0.1) is 12.3 Å². The van der Waals surface area contributed by atoms with Crippen molar-refractivity contribution in [3.8, 4) is 38.6 Å². The summed E-state index contributed by atoms with van der Waals surface area (Å²) in [5, 5.41) is 35.4. The molecule has 2 aliphatic rings. The van der Waals surface area contributed by atoms with Crippen molar-refractivity contribution < 1.29 is 24.6 Å². The van der Waals surface area contributed by atoms with Gasteiger partial charge in [-0.25, -0.2) is 4.98 Å². The van der Waals surface area contributed by atoms with E-state index in [1.165, 1.54) is 4.90 Å². The first-order chi connectivity index (χ1) is 29.2. The fourth-order valence-electron chi connectivity index (χ4n) is 8.04. The highest BCUT2D eigenvalue weighted by Gasteiger charge is 2.44. The number of para-hydroxylation sites is 1. The van der Waals surface area contributed by atoms with Gasteiger partial charge < -0.3 is 36.4 Å². The smallest absolute Gasteiger partial charge is 0.246 e. The Morgan fingerprint density at radius 1 is 0.918 bits per heavy atom. The predicted molar refractivity (Wildman–Crippen MR) is 239 cm³/mol. The summed E-state index contributed by atoms with van der Waals surface area (Å²) in [6.45, 7) is 13.2. The Morgan fingerprint density at radius 2 is 1.61 bits per heavy atom. The summed E-state index contributed by atoms with van der Waals surface area (Å²) in [5.41, 5.74) is 14.1. The summed E-state index contributed by atoms with van der Waals surface area (Å²) in [5.74, 6) is -0.546. The number of carbonyl (C=O) groups excluding carboxylic acids is 3. The first kappa shape index (κ1) is 43.2. The second-order valence-electron chi connectivity index (χ2n) is 17.1. The Hall–Kier alpha value is -5.90. The molecular formula is C46H55N9O5S. The highest BCUT2D eigenvalue weighted by molar-refractivity contribution is 7.13. The van der Waals surface area contributed by atoms with Crippen molar-refractivity contribution in [2.24, 2.45) is 5.41 Å². The number of amides is 3. The van der Waals surface area contributed by atoms with Gasteiger partial charge in [-0.2, -0.15) is 0 Å². The van der Waals surface area contributed by atoms with Gasteiger partial charge in [0.1, 0.15) is 17.8 Å². The number of carbonyl (C=O) groups is 3. The van der Waals surface area contributed by atoms with Gasteiger partial charge >= 0.3 is 0 Å². The molecular weight excluding hydrogens is 791 g/mol. The summed E-state index contributed by atoms with van der Waals surface area (Å²) in [4.78, 5) is 52.7. The zero-order valence-corrected chi connectivity index (χ0v) is 36.2. The number of rotatable bonds is 12. The Labute approximate surface area is 360 Å². The Bertz CT molecular complexity index is 2340. The molecule has 320 valence electrons. The maximum atomic E-state index is 14.2. The van der Waals surface area contributed by atoms with Crippen LogP contribution in [0.25, 0.3) is 32.8 Å². The summed E-state index contributed by atoms with van der Waals surface area (Å²) >= 11 is 1.58. The quantitative estimate of drug-likeness (QED) is 0.108. The number of nitrogens with zero attached hydrogens (tertiary/aromatic N) is 6. The van der Waals surface area contributed by atoms with Crippen molar-refractivity contribution in [1.82, 2.24) is 35.6 Å². The zero-order chi connectivity index (χ0) is 43.4. The molecule has 14 nitrogen and oxygen atoms in total. The van der Waals surface area contributed by atoms with Crippen LogP contribution in [0.15, 0.2) is 84.4 Å². The SMILES string of the molecule is Cc1ncsc1-c1ccc([C@H](C)NC(=O)[C@@H]2C[C@@H](O)CN2C(=O)C(NC(=O)CCN2CCN(c3ccc(-c4cc(-c5ccccc5O)nnc4N)cc3)CC2)C(C)(C)C)cc1. The first-order valence-corrected chi connectivity index (χ1v) is 21.6. The number of β-amino-alcohol motifs (C(OH)–C–C–N with tert-alkyl or cyclic N) is 1. The van der Waals surface area contributed by atoms with Crippen molar-refractivity contribution in [3.05, 3.63) is 95.6 Å². The van der Waals surface area contributed by atoms with Crippen LogP contribution in [-0.2, 0) is 14.4 Å². The number of phenols is 1. The van der Waals surface area contributed by atoms with Crippen LogP contribution in [0.5, 0.6) is 5.75 Å². The third-order valence-corrected chi connectivity index (χ3v) is 12.6. The number of aromatic nitrogens is 3. The second-order valence-corrected chi connectivity index (χ2v) is 17.9. The van der Waals surface area contributed by atoms with Crippen molar-refractivity contribution >= 4 is 40.6 Å². The number of nitrogens with two attached hydrogens (primary N) is 1. The molecule has 3 amide bonds. The number of hydrogen-bond acceptors (Lipinski definition) is 12. The van der Waals surface area contributed by atoms with Crippen molar-refractivity contribution in [2.45, 2.75) is 71.7 Å². The fraction of sp³-hybridized carbons (Fsp3) is 0.391. The molecule has 7 rings (SSSR count). The second kappa shape index (κ2) is 18.4. The summed E-state index contributed by atoms with van der Waals surface area (Å²) in [7, 11) is 0. The van der Waals surface area contributed by atoms with Gasteiger partial charge in [-0.15, -0.1) is 21.5 Å². The van der Waals surface area contributed by atoms with Gasteiger partial charge in [0.2, 0.25) is 17.7 Å². The molecule has 2 fully saturated rings. The lowest BCUT2D eigenvalue weighted by Gasteiger charge is -2.37. The number of benzene rings is 3. The predicted octanol–water partition coefficient (Wildman–Crippen LogP) is 5.41. The molecule has 61 heavy (non-hydrogen) atoms. The Morgan fingerprint density at radius 3 is 2.26 bits per heavy atom. The maximum Gasteiger partial charge on any atom is 0.246 e. The number of aromatic hydroxyl groups is 1. The van der Waals surface area contributed by atoms with Crippen molar-refractivity contribution in [1.29, 1.82) is 0 Å². The van der Waals surface area contributed by atoms with E-state index >= 15 is 0 Å². The molecule has 3 aromatic carbocycles. The van der Waals surface area contributed by atoms with E-state index < -0.39 is 23.6 Å². The largest absolute Gasteiger partial charge is 0.507 e.